The molecule has 20 heavy (non-hydrogen) atoms. The minimum absolute atomic E-state index is 0.153. The van der Waals surface area contributed by atoms with Crippen LogP contribution in [0.4, 0.5) is 10.1 Å². The molecule has 1 atom stereocenters. The van der Waals surface area contributed by atoms with Gasteiger partial charge in [-0.25, -0.2) is 4.39 Å². The van der Waals surface area contributed by atoms with Crippen molar-refractivity contribution in [1.82, 2.24) is 5.32 Å². The van der Waals surface area contributed by atoms with Crippen molar-refractivity contribution in [2.75, 3.05) is 31.6 Å². The van der Waals surface area contributed by atoms with Gasteiger partial charge in [0.05, 0.1) is 6.61 Å². The quantitative estimate of drug-likeness (QED) is 0.684. The Kier molecular flexibility index (Phi) is 6.96. The fraction of sp³-hybridized carbons (Fsp3) is 0.625. The van der Waals surface area contributed by atoms with Crippen molar-refractivity contribution in [3.63, 3.8) is 0 Å². The van der Waals surface area contributed by atoms with E-state index in [-0.39, 0.29) is 18.0 Å². The molecule has 0 saturated heterocycles. The molecule has 0 fully saturated rings. The summed E-state index contributed by atoms with van der Waals surface area (Å²) in [6, 6.07) is 6.66. The van der Waals surface area contributed by atoms with Gasteiger partial charge in [0, 0.05) is 24.8 Å². The van der Waals surface area contributed by atoms with Gasteiger partial charge >= 0.3 is 0 Å². The highest BCUT2D eigenvalue weighted by molar-refractivity contribution is 5.45. The van der Waals surface area contributed by atoms with Gasteiger partial charge in [0.25, 0.3) is 0 Å². The highest BCUT2D eigenvalue weighted by Gasteiger charge is 2.20. The summed E-state index contributed by atoms with van der Waals surface area (Å²) in [4.78, 5) is 2.06. The van der Waals surface area contributed by atoms with Crippen LogP contribution in [0, 0.1) is 5.82 Å². The van der Waals surface area contributed by atoms with E-state index in [9.17, 15) is 9.50 Å². The second kappa shape index (κ2) is 8.22. The predicted octanol–water partition coefficient (Wildman–Crippen LogP) is 2.79. The van der Waals surface area contributed by atoms with E-state index < -0.39 is 0 Å². The van der Waals surface area contributed by atoms with Crippen molar-refractivity contribution in [2.45, 2.75) is 38.6 Å². The SMILES string of the molecule is CCNC(C)(CO)CCCCN(C)c1cccc(F)c1. The number of likely N-dealkylation sites (N-methyl/N-ethyl adjacent to an activating group) is 1. The topological polar surface area (TPSA) is 35.5 Å². The van der Waals surface area contributed by atoms with Gasteiger partial charge in [0.2, 0.25) is 0 Å². The number of aliphatic hydroxyl groups excluding tert-OH is 1. The molecule has 2 N–H and O–H groups in total. The molecule has 0 spiro atoms. The van der Waals surface area contributed by atoms with Crippen LogP contribution in [0.1, 0.15) is 33.1 Å². The number of anilines is 1. The summed E-state index contributed by atoms with van der Waals surface area (Å²) >= 11 is 0. The second-order valence-corrected chi connectivity index (χ2v) is 5.61. The Balaban J connectivity index is 2.33. The van der Waals surface area contributed by atoms with Gasteiger partial charge in [-0.05, 0) is 50.9 Å². The molecule has 0 bridgehead atoms. The van der Waals surface area contributed by atoms with Crippen LogP contribution < -0.4 is 10.2 Å². The first kappa shape index (κ1) is 16.9. The molecule has 4 heteroatoms. The van der Waals surface area contributed by atoms with E-state index in [1.54, 1.807) is 12.1 Å². The zero-order chi connectivity index (χ0) is 15.0. The van der Waals surface area contributed by atoms with E-state index in [4.69, 9.17) is 0 Å². The second-order valence-electron chi connectivity index (χ2n) is 5.61. The molecule has 1 aromatic rings. The highest BCUT2D eigenvalue weighted by Crippen LogP contribution is 2.17. The van der Waals surface area contributed by atoms with E-state index >= 15 is 0 Å². The van der Waals surface area contributed by atoms with E-state index in [2.05, 4.69) is 10.2 Å². The van der Waals surface area contributed by atoms with Crippen LogP contribution in [0.3, 0.4) is 0 Å². The summed E-state index contributed by atoms with van der Waals surface area (Å²) < 4.78 is 13.1. The van der Waals surface area contributed by atoms with Gasteiger partial charge in [-0.15, -0.1) is 0 Å². The molecule has 0 aliphatic carbocycles. The number of unbranched alkanes of at least 4 members (excludes halogenated alkanes) is 1. The molecule has 0 aromatic heterocycles. The molecule has 1 unspecified atom stereocenters. The standard InChI is InChI=1S/C16H27FN2O/c1-4-18-16(2,13-20)10-5-6-11-19(3)15-9-7-8-14(17)12-15/h7-9,12,18,20H,4-6,10-11,13H2,1-3H3. The first-order valence-corrected chi connectivity index (χ1v) is 7.33. The maximum absolute atomic E-state index is 13.1. The lowest BCUT2D eigenvalue weighted by atomic mass is 9.95. The smallest absolute Gasteiger partial charge is 0.125 e. The summed E-state index contributed by atoms with van der Waals surface area (Å²) in [6.45, 7) is 6.00. The van der Waals surface area contributed by atoms with Crippen LogP contribution in [0.5, 0.6) is 0 Å². The largest absolute Gasteiger partial charge is 0.394 e. The van der Waals surface area contributed by atoms with E-state index in [0.29, 0.717) is 0 Å². The molecular weight excluding hydrogens is 255 g/mol. The van der Waals surface area contributed by atoms with Gasteiger partial charge < -0.3 is 15.3 Å². The van der Waals surface area contributed by atoms with Gasteiger partial charge in [-0.2, -0.15) is 0 Å². The van der Waals surface area contributed by atoms with Crippen LogP contribution in [0.15, 0.2) is 24.3 Å². The molecule has 0 heterocycles. The summed E-state index contributed by atoms with van der Waals surface area (Å²) in [6.07, 6.45) is 2.99. The molecule has 0 amide bonds. The molecule has 3 nitrogen and oxygen atoms in total. The van der Waals surface area contributed by atoms with Crippen molar-refractivity contribution in [3.05, 3.63) is 30.1 Å². The minimum Gasteiger partial charge on any atom is -0.394 e. The van der Waals surface area contributed by atoms with Crippen LogP contribution in [-0.4, -0.2) is 37.4 Å². The maximum Gasteiger partial charge on any atom is 0.125 e. The number of rotatable bonds is 9. The number of nitrogens with zero attached hydrogens (tertiary/aromatic N) is 1. The van der Waals surface area contributed by atoms with Crippen LogP contribution >= 0.6 is 0 Å². The lowest BCUT2D eigenvalue weighted by Crippen LogP contribution is -2.45. The van der Waals surface area contributed by atoms with Crippen LogP contribution in [-0.2, 0) is 0 Å². The van der Waals surface area contributed by atoms with Crippen molar-refractivity contribution in [2.24, 2.45) is 0 Å². The lowest BCUT2D eigenvalue weighted by Gasteiger charge is -2.28. The van der Waals surface area contributed by atoms with E-state index in [1.807, 2.05) is 27.0 Å². The molecule has 114 valence electrons. The van der Waals surface area contributed by atoms with Gasteiger partial charge in [-0.3, -0.25) is 0 Å². The molecule has 0 saturated carbocycles. The van der Waals surface area contributed by atoms with Crippen LogP contribution in [0.2, 0.25) is 0 Å². The number of hydrogen-bond acceptors (Lipinski definition) is 3. The number of halogens is 1. The molecule has 0 aliphatic heterocycles. The maximum atomic E-state index is 13.1. The number of aliphatic hydroxyl groups is 1. The van der Waals surface area contributed by atoms with E-state index in [1.165, 1.54) is 6.07 Å². The Labute approximate surface area is 121 Å². The Bertz CT molecular complexity index is 400. The molecule has 0 radical (unpaired) electrons. The third-order valence-electron chi connectivity index (χ3n) is 3.67. The van der Waals surface area contributed by atoms with Crippen molar-refractivity contribution >= 4 is 5.69 Å². The first-order chi connectivity index (χ1) is 9.50. The highest BCUT2D eigenvalue weighted by atomic mass is 19.1. The third-order valence-corrected chi connectivity index (χ3v) is 3.67. The minimum atomic E-state index is -0.200. The van der Waals surface area contributed by atoms with Crippen molar-refractivity contribution < 1.29 is 9.50 Å². The number of nitrogens with one attached hydrogen (secondary N) is 1. The molecular formula is C16H27FN2O. The Morgan fingerprint density at radius 1 is 1.35 bits per heavy atom. The Morgan fingerprint density at radius 2 is 2.10 bits per heavy atom. The fourth-order valence-electron chi connectivity index (χ4n) is 2.36. The van der Waals surface area contributed by atoms with E-state index in [0.717, 1.165) is 38.0 Å². The third kappa shape index (κ3) is 5.47. The zero-order valence-corrected chi connectivity index (χ0v) is 12.8. The van der Waals surface area contributed by atoms with Crippen molar-refractivity contribution in [3.8, 4) is 0 Å². The fourth-order valence-corrected chi connectivity index (χ4v) is 2.36. The van der Waals surface area contributed by atoms with Crippen LogP contribution in [0.25, 0.3) is 0 Å². The molecule has 1 rings (SSSR count). The van der Waals surface area contributed by atoms with Gasteiger partial charge in [0.1, 0.15) is 5.82 Å². The summed E-state index contributed by atoms with van der Waals surface area (Å²) in [7, 11) is 1.98. The Morgan fingerprint density at radius 3 is 2.70 bits per heavy atom. The van der Waals surface area contributed by atoms with Gasteiger partial charge in [-0.1, -0.05) is 13.0 Å². The summed E-state index contributed by atoms with van der Waals surface area (Å²) in [5, 5.41) is 12.7. The number of hydrogen-bond donors (Lipinski definition) is 2. The molecule has 0 aliphatic rings. The summed E-state index contributed by atoms with van der Waals surface area (Å²) in [5.74, 6) is -0.200. The summed E-state index contributed by atoms with van der Waals surface area (Å²) in [5.41, 5.74) is 0.716. The Hall–Kier alpha value is -1.13. The lowest BCUT2D eigenvalue weighted by molar-refractivity contribution is 0.165. The van der Waals surface area contributed by atoms with Gasteiger partial charge in [0.15, 0.2) is 0 Å². The first-order valence-electron chi connectivity index (χ1n) is 7.33. The zero-order valence-electron chi connectivity index (χ0n) is 12.8. The number of benzene rings is 1. The van der Waals surface area contributed by atoms with Crippen molar-refractivity contribution in [1.29, 1.82) is 0 Å². The molecule has 1 aromatic carbocycles. The normalized spacial score (nSPS) is 14.1. The average Bonchev–Trinajstić information content (AvgIpc) is 2.44. The predicted molar refractivity (Wildman–Crippen MR) is 82.7 cm³/mol. The monoisotopic (exact) mass is 282 g/mol. The average molecular weight is 282 g/mol.